The first kappa shape index (κ1) is 26.7. The molecular weight excluding hydrogens is 468 g/mol. The molecule has 2 fully saturated rings. The molecule has 198 valence electrons. The zero-order valence-corrected chi connectivity index (χ0v) is 21.9. The van der Waals surface area contributed by atoms with Crippen LogP contribution in [0.15, 0.2) is 54.6 Å². The van der Waals surface area contributed by atoms with E-state index in [1.54, 1.807) is 13.2 Å². The maximum absolute atomic E-state index is 12.6. The Hall–Kier alpha value is -3.36. The van der Waals surface area contributed by atoms with Crippen LogP contribution in [0.2, 0.25) is 0 Å². The van der Waals surface area contributed by atoms with E-state index < -0.39 is 0 Å². The van der Waals surface area contributed by atoms with E-state index in [2.05, 4.69) is 34.3 Å². The fourth-order valence-electron chi connectivity index (χ4n) is 4.77. The molecule has 0 aliphatic carbocycles. The molecule has 4 rings (SSSR count). The van der Waals surface area contributed by atoms with E-state index in [0.717, 1.165) is 69.3 Å². The van der Waals surface area contributed by atoms with Crippen LogP contribution < -0.4 is 14.8 Å². The van der Waals surface area contributed by atoms with E-state index in [-0.39, 0.29) is 17.9 Å². The number of ether oxygens (including phenoxy) is 2. The number of nitrogens with zero attached hydrogens (tertiary/aromatic N) is 3. The number of rotatable bonds is 11. The predicted octanol–water partition coefficient (Wildman–Crippen LogP) is 2.64. The maximum Gasteiger partial charge on any atom is 0.246 e. The fourth-order valence-corrected chi connectivity index (χ4v) is 4.77. The zero-order chi connectivity index (χ0) is 26.0. The predicted molar refractivity (Wildman–Crippen MR) is 144 cm³/mol. The van der Waals surface area contributed by atoms with Crippen molar-refractivity contribution in [1.82, 2.24) is 20.0 Å². The van der Waals surface area contributed by atoms with E-state index >= 15 is 0 Å². The number of hydrogen-bond acceptors (Lipinski definition) is 6. The molecule has 1 N–H and O–H groups in total. The van der Waals surface area contributed by atoms with Gasteiger partial charge in [-0.05, 0) is 54.9 Å². The van der Waals surface area contributed by atoms with Crippen LogP contribution in [0.4, 0.5) is 0 Å². The molecule has 0 bridgehead atoms. The van der Waals surface area contributed by atoms with Gasteiger partial charge in [0.15, 0.2) is 0 Å². The first-order valence-electron chi connectivity index (χ1n) is 13.0. The Labute approximate surface area is 219 Å². The van der Waals surface area contributed by atoms with Gasteiger partial charge in [0.25, 0.3) is 0 Å². The Morgan fingerprint density at radius 3 is 2.59 bits per heavy atom. The van der Waals surface area contributed by atoms with Gasteiger partial charge in [-0.1, -0.05) is 24.3 Å². The number of nitrogens with one attached hydrogen (secondary N) is 1. The molecule has 2 heterocycles. The molecule has 2 aromatic rings. The summed E-state index contributed by atoms with van der Waals surface area (Å²) in [6, 6.07) is 16.1. The van der Waals surface area contributed by atoms with E-state index in [4.69, 9.17) is 9.47 Å². The second kappa shape index (κ2) is 13.3. The highest BCUT2D eigenvalue weighted by atomic mass is 16.5. The van der Waals surface area contributed by atoms with Gasteiger partial charge >= 0.3 is 0 Å². The quantitative estimate of drug-likeness (QED) is 0.473. The number of carbonyl (C=O) groups excluding carboxylic acids is 2. The summed E-state index contributed by atoms with van der Waals surface area (Å²) in [4.78, 5) is 30.5. The van der Waals surface area contributed by atoms with Crippen LogP contribution in [-0.2, 0) is 16.1 Å². The summed E-state index contributed by atoms with van der Waals surface area (Å²) in [5.41, 5.74) is 2.17. The molecule has 2 amide bonds. The second-order valence-corrected chi connectivity index (χ2v) is 9.77. The van der Waals surface area contributed by atoms with Gasteiger partial charge in [-0.15, -0.1) is 0 Å². The molecule has 0 spiro atoms. The largest absolute Gasteiger partial charge is 0.497 e. The third kappa shape index (κ3) is 8.33. The van der Waals surface area contributed by atoms with Crippen molar-refractivity contribution in [2.75, 3.05) is 60.0 Å². The van der Waals surface area contributed by atoms with Crippen molar-refractivity contribution in [2.24, 2.45) is 0 Å². The van der Waals surface area contributed by atoms with Crippen LogP contribution in [0.3, 0.4) is 0 Å². The molecule has 2 aromatic carbocycles. The van der Waals surface area contributed by atoms with Crippen LogP contribution >= 0.6 is 0 Å². The van der Waals surface area contributed by atoms with Gasteiger partial charge in [0.2, 0.25) is 11.8 Å². The highest BCUT2D eigenvalue weighted by Crippen LogP contribution is 2.16. The first-order chi connectivity index (χ1) is 18.0. The van der Waals surface area contributed by atoms with E-state index in [1.807, 2.05) is 47.4 Å². The number of carbonyl (C=O) groups is 2. The molecule has 0 saturated carbocycles. The SMILES string of the molecule is COc1ccc(C=CC(=O)N2CCN(CCOc3cccc(CN(C)CC4CCC(=O)N4)c3)CC2)cc1. The van der Waals surface area contributed by atoms with Gasteiger partial charge in [0.1, 0.15) is 18.1 Å². The summed E-state index contributed by atoms with van der Waals surface area (Å²) in [7, 11) is 3.72. The molecule has 2 aliphatic rings. The highest BCUT2D eigenvalue weighted by Gasteiger charge is 2.22. The van der Waals surface area contributed by atoms with Crippen LogP contribution in [-0.4, -0.2) is 92.6 Å². The standard InChI is InChI=1S/C29H38N4O4/c1-31(22-25-9-12-28(34)30-25)21-24-4-3-5-27(20-24)37-19-18-32-14-16-33(17-15-32)29(35)13-8-23-6-10-26(36-2)11-7-23/h3-8,10-11,13,20,25H,9,12,14-19,21-22H2,1-2H3,(H,30,34). The Morgan fingerprint density at radius 2 is 1.89 bits per heavy atom. The molecule has 8 nitrogen and oxygen atoms in total. The molecule has 2 aliphatic heterocycles. The summed E-state index contributed by atoms with van der Waals surface area (Å²) >= 11 is 0. The molecule has 2 saturated heterocycles. The zero-order valence-electron chi connectivity index (χ0n) is 21.9. The van der Waals surface area contributed by atoms with Gasteiger partial charge in [0, 0.05) is 64.4 Å². The van der Waals surface area contributed by atoms with Gasteiger partial charge in [-0.3, -0.25) is 14.5 Å². The molecule has 8 heteroatoms. The average molecular weight is 507 g/mol. The molecule has 1 unspecified atom stereocenters. The van der Waals surface area contributed by atoms with Crippen LogP contribution in [0, 0.1) is 0 Å². The number of amides is 2. The van der Waals surface area contributed by atoms with Crippen molar-refractivity contribution in [3.05, 3.63) is 65.7 Å². The molecule has 0 aromatic heterocycles. The minimum absolute atomic E-state index is 0.0452. The summed E-state index contributed by atoms with van der Waals surface area (Å²) < 4.78 is 11.2. The topological polar surface area (TPSA) is 74.4 Å². The second-order valence-electron chi connectivity index (χ2n) is 9.77. The lowest BCUT2D eigenvalue weighted by atomic mass is 10.1. The van der Waals surface area contributed by atoms with E-state index in [9.17, 15) is 9.59 Å². The summed E-state index contributed by atoms with van der Waals surface area (Å²) in [6.07, 6.45) is 5.04. The fraction of sp³-hybridized carbons (Fsp3) is 0.448. The van der Waals surface area contributed by atoms with Crippen molar-refractivity contribution in [3.8, 4) is 11.5 Å². The Morgan fingerprint density at radius 1 is 1.11 bits per heavy atom. The van der Waals surface area contributed by atoms with E-state index in [1.165, 1.54) is 5.56 Å². The molecular formula is C29H38N4O4. The van der Waals surface area contributed by atoms with E-state index in [0.29, 0.717) is 13.0 Å². The average Bonchev–Trinajstić information content (AvgIpc) is 3.32. The van der Waals surface area contributed by atoms with Gasteiger partial charge in [-0.25, -0.2) is 0 Å². The lowest BCUT2D eigenvalue weighted by Crippen LogP contribution is -2.49. The highest BCUT2D eigenvalue weighted by molar-refractivity contribution is 5.91. The monoisotopic (exact) mass is 506 g/mol. The Bertz CT molecular complexity index is 1060. The summed E-state index contributed by atoms with van der Waals surface area (Å²) in [6.45, 7) is 6.22. The Balaban J connectivity index is 1.14. The smallest absolute Gasteiger partial charge is 0.246 e. The third-order valence-electron chi connectivity index (χ3n) is 6.86. The van der Waals surface area contributed by atoms with Gasteiger partial charge < -0.3 is 24.6 Å². The Kier molecular flexibility index (Phi) is 9.57. The number of likely N-dealkylation sites (N-methyl/N-ethyl adjacent to an activating group) is 1. The van der Waals surface area contributed by atoms with Crippen molar-refractivity contribution in [2.45, 2.75) is 25.4 Å². The third-order valence-corrected chi connectivity index (χ3v) is 6.86. The van der Waals surface area contributed by atoms with Crippen LogP contribution in [0.25, 0.3) is 6.08 Å². The first-order valence-corrected chi connectivity index (χ1v) is 13.0. The molecule has 37 heavy (non-hydrogen) atoms. The number of hydrogen-bond donors (Lipinski definition) is 1. The lowest BCUT2D eigenvalue weighted by Gasteiger charge is -2.34. The molecule has 1 atom stereocenters. The summed E-state index contributed by atoms with van der Waals surface area (Å²) in [5, 5.41) is 3.03. The molecule has 0 radical (unpaired) electrons. The number of piperazine rings is 1. The van der Waals surface area contributed by atoms with Crippen molar-refractivity contribution in [1.29, 1.82) is 0 Å². The maximum atomic E-state index is 12.6. The normalized spacial score (nSPS) is 18.4. The summed E-state index contributed by atoms with van der Waals surface area (Å²) in [5.74, 6) is 1.88. The minimum Gasteiger partial charge on any atom is -0.497 e. The van der Waals surface area contributed by atoms with Gasteiger partial charge in [-0.2, -0.15) is 0 Å². The van der Waals surface area contributed by atoms with Crippen molar-refractivity contribution in [3.63, 3.8) is 0 Å². The number of benzene rings is 2. The van der Waals surface area contributed by atoms with Gasteiger partial charge in [0.05, 0.1) is 7.11 Å². The van der Waals surface area contributed by atoms with Crippen molar-refractivity contribution < 1.29 is 19.1 Å². The van der Waals surface area contributed by atoms with Crippen LogP contribution in [0.5, 0.6) is 11.5 Å². The van der Waals surface area contributed by atoms with Crippen molar-refractivity contribution >= 4 is 17.9 Å². The lowest BCUT2D eigenvalue weighted by molar-refractivity contribution is -0.127. The van der Waals surface area contributed by atoms with Crippen LogP contribution in [0.1, 0.15) is 24.0 Å². The minimum atomic E-state index is 0.0452. The number of methoxy groups -OCH3 is 1.